The minimum atomic E-state index is -1.02. The highest BCUT2D eigenvalue weighted by Gasteiger charge is 2.52. The molecular formula is C20H34O3. The van der Waals surface area contributed by atoms with Crippen molar-refractivity contribution in [3.8, 4) is 0 Å². The molecule has 6 atom stereocenters. The van der Waals surface area contributed by atoms with Gasteiger partial charge in [-0.25, -0.2) is 0 Å². The SMILES string of the molecule is C[C@@H]1/C=C/[C@@]2(C)CC[C@@H](C(C)(C)O)[C@@H]2[C@@H](O)C[C@](C)(O)/C=C/C1. The average Bonchev–Trinajstić information content (AvgIpc) is 2.73. The Hall–Kier alpha value is -0.640. The fraction of sp³-hybridized carbons (Fsp3) is 0.800. The summed E-state index contributed by atoms with van der Waals surface area (Å²) in [6.45, 7) is 9.80. The fourth-order valence-electron chi connectivity index (χ4n) is 4.58. The number of aliphatic hydroxyl groups is 3. The maximum Gasteiger partial charge on any atom is 0.0824 e. The summed E-state index contributed by atoms with van der Waals surface area (Å²) in [6, 6.07) is 0. The standard InChI is InChI=1S/C20H34O3/c1-14-7-6-10-20(5,23)13-16(21)17-15(18(2,3)22)9-12-19(17,4)11-8-14/h6,8,10-11,14-17,21-23H,7,9,12-13H2,1-5H3/b10-6+,11-8+/t14-,15+,16-,17+,19-,20+/m0/s1. The van der Waals surface area contributed by atoms with Gasteiger partial charge in [0.15, 0.2) is 0 Å². The Morgan fingerprint density at radius 1 is 1.17 bits per heavy atom. The van der Waals surface area contributed by atoms with Crippen molar-refractivity contribution < 1.29 is 15.3 Å². The van der Waals surface area contributed by atoms with Gasteiger partial charge in [-0.15, -0.1) is 0 Å². The first-order valence-electron chi connectivity index (χ1n) is 8.94. The van der Waals surface area contributed by atoms with Gasteiger partial charge in [-0.2, -0.15) is 0 Å². The fourth-order valence-corrected chi connectivity index (χ4v) is 4.58. The van der Waals surface area contributed by atoms with E-state index in [-0.39, 0.29) is 17.3 Å². The molecule has 0 aromatic carbocycles. The second kappa shape index (κ2) is 6.34. The maximum atomic E-state index is 11.0. The van der Waals surface area contributed by atoms with Crippen LogP contribution >= 0.6 is 0 Å². The molecule has 0 radical (unpaired) electrons. The summed E-state index contributed by atoms with van der Waals surface area (Å²) in [7, 11) is 0. The molecule has 0 aromatic rings. The van der Waals surface area contributed by atoms with Crippen molar-refractivity contribution in [1.82, 2.24) is 0 Å². The predicted molar refractivity (Wildman–Crippen MR) is 93.9 cm³/mol. The Labute approximate surface area is 141 Å². The van der Waals surface area contributed by atoms with Crippen molar-refractivity contribution >= 4 is 0 Å². The van der Waals surface area contributed by atoms with Crippen molar-refractivity contribution in [2.75, 3.05) is 0 Å². The minimum Gasteiger partial charge on any atom is -0.393 e. The summed E-state index contributed by atoms with van der Waals surface area (Å²) < 4.78 is 0. The molecule has 1 fully saturated rings. The lowest BCUT2D eigenvalue weighted by Gasteiger charge is -2.41. The van der Waals surface area contributed by atoms with E-state index in [0.29, 0.717) is 12.3 Å². The zero-order valence-corrected chi connectivity index (χ0v) is 15.3. The van der Waals surface area contributed by atoms with E-state index in [4.69, 9.17) is 0 Å². The smallest absolute Gasteiger partial charge is 0.0824 e. The van der Waals surface area contributed by atoms with E-state index in [0.717, 1.165) is 19.3 Å². The summed E-state index contributed by atoms with van der Waals surface area (Å²) in [5, 5.41) is 32.2. The summed E-state index contributed by atoms with van der Waals surface area (Å²) in [5.74, 6) is 0.378. The van der Waals surface area contributed by atoms with E-state index in [1.54, 1.807) is 6.92 Å². The molecule has 0 unspecified atom stereocenters. The lowest BCUT2D eigenvalue weighted by atomic mass is 9.68. The molecule has 1 saturated carbocycles. The highest BCUT2D eigenvalue weighted by molar-refractivity contribution is 5.14. The molecule has 2 aliphatic carbocycles. The van der Waals surface area contributed by atoms with Gasteiger partial charge in [-0.3, -0.25) is 0 Å². The number of rotatable bonds is 1. The van der Waals surface area contributed by atoms with Crippen LogP contribution in [0.5, 0.6) is 0 Å². The van der Waals surface area contributed by atoms with Gasteiger partial charge in [-0.1, -0.05) is 38.2 Å². The molecular weight excluding hydrogens is 288 g/mol. The first kappa shape index (κ1) is 18.7. The topological polar surface area (TPSA) is 60.7 Å². The molecule has 3 nitrogen and oxygen atoms in total. The van der Waals surface area contributed by atoms with Gasteiger partial charge in [0, 0.05) is 6.42 Å². The van der Waals surface area contributed by atoms with Gasteiger partial charge in [0.1, 0.15) is 0 Å². The highest BCUT2D eigenvalue weighted by atomic mass is 16.3. The Balaban J connectivity index is 2.43. The molecule has 0 amide bonds. The summed E-state index contributed by atoms with van der Waals surface area (Å²) >= 11 is 0. The number of hydrogen-bond acceptors (Lipinski definition) is 3. The van der Waals surface area contributed by atoms with Crippen LogP contribution in [0.1, 0.15) is 60.3 Å². The molecule has 0 bridgehead atoms. The Kier molecular flexibility index (Phi) is 5.16. The summed E-state index contributed by atoms with van der Waals surface area (Å²) in [5.41, 5.74) is -1.99. The summed E-state index contributed by atoms with van der Waals surface area (Å²) in [4.78, 5) is 0. The normalized spacial score (nSPS) is 48.3. The molecule has 2 aliphatic rings. The van der Waals surface area contributed by atoms with E-state index < -0.39 is 17.3 Å². The lowest BCUT2D eigenvalue weighted by Crippen LogP contribution is -2.45. The predicted octanol–water partition coefficient (Wildman–Crippen LogP) is 3.44. The summed E-state index contributed by atoms with van der Waals surface area (Å²) in [6.07, 6.45) is 10.7. The van der Waals surface area contributed by atoms with Crippen LogP contribution < -0.4 is 0 Å². The zero-order chi connectivity index (χ0) is 17.5. The van der Waals surface area contributed by atoms with Crippen LogP contribution in [0.3, 0.4) is 0 Å². The van der Waals surface area contributed by atoms with Crippen LogP contribution in [0.2, 0.25) is 0 Å². The molecule has 3 heteroatoms. The third kappa shape index (κ3) is 4.26. The van der Waals surface area contributed by atoms with Gasteiger partial charge in [0.25, 0.3) is 0 Å². The number of allylic oxidation sites excluding steroid dienone is 3. The first-order valence-corrected chi connectivity index (χ1v) is 8.94. The van der Waals surface area contributed by atoms with Crippen LogP contribution in [-0.4, -0.2) is 32.6 Å². The lowest BCUT2D eigenvalue weighted by molar-refractivity contribution is -0.0700. The maximum absolute atomic E-state index is 11.0. The van der Waals surface area contributed by atoms with Gasteiger partial charge in [0.2, 0.25) is 0 Å². The molecule has 0 heterocycles. The molecule has 3 N–H and O–H groups in total. The number of aliphatic hydroxyl groups excluding tert-OH is 1. The van der Waals surface area contributed by atoms with Crippen LogP contribution in [0, 0.1) is 23.2 Å². The Morgan fingerprint density at radius 3 is 2.43 bits per heavy atom. The number of fused-ring (bicyclic) bond motifs is 1. The first-order chi connectivity index (χ1) is 10.4. The molecule has 0 saturated heterocycles. The molecule has 2 rings (SSSR count). The van der Waals surface area contributed by atoms with Crippen molar-refractivity contribution in [2.24, 2.45) is 23.2 Å². The Bertz CT molecular complexity index is 472. The van der Waals surface area contributed by atoms with Crippen molar-refractivity contribution in [1.29, 1.82) is 0 Å². The van der Waals surface area contributed by atoms with Crippen LogP contribution in [-0.2, 0) is 0 Å². The van der Waals surface area contributed by atoms with E-state index in [2.05, 4.69) is 26.0 Å². The third-order valence-electron chi connectivity index (χ3n) is 5.92. The van der Waals surface area contributed by atoms with Gasteiger partial charge in [-0.05, 0) is 63.2 Å². The molecule has 0 aromatic heterocycles. The number of hydrogen-bond donors (Lipinski definition) is 3. The average molecular weight is 322 g/mol. The van der Waals surface area contributed by atoms with E-state index in [9.17, 15) is 15.3 Å². The zero-order valence-electron chi connectivity index (χ0n) is 15.3. The quantitative estimate of drug-likeness (QED) is 0.648. The molecule has 132 valence electrons. The minimum absolute atomic E-state index is 0.0305. The van der Waals surface area contributed by atoms with Crippen molar-refractivity contribution in [3.05, 3.63) is 24.3 Å². The van der Waals surface area contributed by atoms with Crippen LogP contribution in [0.4, 0.5) is 0 Å². The van der Waals surface area contributed by atoms with Crippen molar-refractivity contribution in [2.45, 2.75) is 77.6 Å². The van der Waals surface area contributed by atoms with E-state index >= 15 is 0 Å². The second-order valence-corrected chi connectivity index (χ2v) is 8.93. The molecule has 0 aliphatic heterocycles. The van der Waals surface area contributed by atoms with Gasteiger partial charge < -0.3 is 15.3 Å². The largest absolute Gasteiger partial charge is 0.393 e. The van der Waals surface area contributed by atoms with Gasteiger partial charge >= 0.3 is 0 Å². The molecule has 23 heavy (non-hydrogen) atoms. The van der Waals surface area contributed by atoms with E-state index in [1.165, 1.54) is 0 Å². The van der Waals surface area contributed by atoms with Gasteiger partial charge in [0.05, 0.1) is 17.3 Å². The van der Waals surface area contributed by atoms with E-state index in [1.807, 2.05) is 26.0 Å². The third-order valence-corrected chi connectivity index (χ3v) is 5.92. The van der Waals surface area contributed by atoms with Crippen molar-refractivity contribution in [3.63, 3.8) is 0 Å². The van der Waals surface area contributed by atoms with Crippen LogP contribution in [0.15, 0.2) is 24.3 Å². The second-order valence-electron chi connectivity index (χ2n) is 8.93. The highest BCUT2D eigenvalue weighted by Crippen LogP contribution is 2.54. The Morgan fingerprint density at radius 2 is 1.83 bits per heavy atom. The monoisotopic (exact) mass is 322 g/mol. The van der Waals surface area contributed by atoms with Crippen LogP contribution in [0.25, 0.3) is 0 Å². The molecule has 0 spiro atoms.